The van der Waals surface area contributed by atoms with E-state index >= 15 is 0 Å². The lowest BCUT2D eigenvalue weighted by atomic mass is 10.1. The number of methoxy groups -OCH3 is 2. The Morgan fingerprint density at radius 2 is 1.75 bits per heavy atom. The van der Waals surface area contributed by atoms with Gasteiger partial charge in [0.05, 0.1) is 26.5 Å². The fourth-order valence-corrected chi connectivity index (χ4v) is 4.57. The molecule has 0 spiro atoms. The van der Waals surface area contributed by atoms with E-state index in [1.807, 2.05) is 24.4 Å². The van der Waals surface area contributed by atoms with Gasteiger partial charge in [-0.3, -0.25) is 19.4 Å². The molecule has 2 heterocycles. The van der Waals surface area contributed by atoms with Crippen molar-refractivity contribution in [1.29, 1.82) is 0 Å². The van der Waals surface area contributed by atoms with Crippen LogP contribution in [0.2, 0.25) is 0 Å². The topological polar surface area (TPSA) is 68.3 Å². The molecule has 1 unspecified atom stereocenters. The molecule has 1 saturated heterocycles. The molecule has 2 aromatic carbocycles. The van der Waals surface area contributed by atoms with Gasteiger partial charge in [0.1, 0.15) is 23.8 Å². The van der Waals surface area contributed by atoms with Gasteiger partial charge in [-0.05, 0) is 54.8 Å². The van der Waals surface area contributed by atoms with Gasteiger partial charge in [-0.2, -0.15) is 0 Å². The average molecular weight is 453 g/mol. The van der Waals surface area contributed by atoms with Crippen LogP contribution in [0.25, 0.3) is 0 Å². The summed E-state index contributed by atoms with van der Waals surface area (Å²) >= 11 is 1.44. The van der Waals surface area contributed by atoms with Gasteiger partial charge in [0.2, 0.25) is 5.91 Å². The van der Waals surface area contributed by atoms with Crippen molar-refractivity contribution >= 4 is 34.5 Å². The van der Waals surface area contributed by atoms with Crippen LogP contribution in [0.5, 0.6) is 17.2 Å². The Morgan fingerprint density at radius 3 is 2.38 bits per heavy atom. The highest BCUT2D eigenvalue weighted by Gasteiger charge is 2.43. The van der Waals surface area contributed by atoms with Crippen LogP contribution in [-0.2, 0) is 9.59 Å². The lowest BCUT2D eigenvalue weighted by Gasteiger charge is -2.40. The molecule has 1 fully saturated rings. The van der Waals surface area contributed by atoms with E-state index in [0.717, 1.165) is 4.88 Å². The lowest BCUT2D eigenvalue weighted by molar-refractivity contribution is -0.128. The molecule has 0 saturated carbocycles. The predicted molar refractivity (Wildman–Crippen MR) is 124 cm³/mol. The Balaban J connectivity index is 1.75. The van der Waals surface area contributed by atoms with Crippen LogP contribution in [0, 0.1) is 0 Å². The first-order valence-corrected chi connectivity index (χ1v) is 11.1. The highest BCUT2D eigenvalue weighted by Crippen LogP contribution is 2.40. The first-order valence-electron chi connectivity index (χ1n) is 10.2. The van der Waals surface area contributed by atoms with Gasteiger partial charge < -0.3 is 14.2 Å². The van der Waals surface area contributed by atoms with Crippen molar-refractivity contribution < 1.29 is 23.8 Å². The van der Waals surface area contributed by atoms with Gasteiger partial charge in [0.25, 0.3) is 5.91 Å². The minimum Gasteiger partial charge on any atom is -0.497 e. The van der Waals surface area contributed by atoms with E-state index in [9.17, 15) is 9.59 Å². The number of amides is 2. The van der Waals surface area contributed by atoms with Gasteiger partial charge in [0, 0.05) is 16.6 Å². The molecular formula is C24H24N2O5S. The SMILES string of the molecule is CCOc1ccc(N2C(=O)CN(c3ccc(OC)cc3OC)C(=O)C2c2cccs2)cc1. The molecule has 1 aromatic heterocycles. The van der Waals surface area contributed by atoms with Crippen molar-refractivity contribution in [3.63, 3.8) is 0 Å². The standard InChI is InChI=1S/C24H24N2O5S/c1-4-31-17-9-7-16(8-10-17)26-22(27)15-25(24(28)23(26)21-6-5-13-32-21)19-12-11-18(29-2)14-20(19)30-3/h5-14,23H,4,15H2,1-3H3. The molecule has 1 aliphatic heterocycles. The third kappa shape index (κ3) is 4.01. The number of carbonyl (C=O) groups excluding carboxylic acids is 2. The van der Waals surface area contributed by atoms with Gasteiger partial charge >= 0.3 is 0 Å². The maximum Gasteiger partial charge on any atom is 0.256 e. The van der Waals surface area contributed by atoms with Crippen LogP contribution in [-0.4, -0.2) is 39.2 Å². The van der Waals surface area contributed by atoms with Crippen LogP contribution in [0.15, 0.2) is 60.0 Å². The summed E-state index contributed by atoms with van der Waals surface area (Å²) < 4.78 is 16.3. The van der Waals surface area contributed by atoms with E-state index in [4.69, 9.17) is 14.2 Å². The summed E-state index contributed by atoms with van der Waals surface area (Å²) in [5.41, 5.74) is 1.17. The number of rotatable bonds is 7. The summed E-state index contributed by atoms with van der Waals surface area (Å²) in [7, 11) is 3.09. The number of carbonyl (C=O) groups is 2. The summed E-state index contributed by atoms with van der Waals surface area (Å²) in [6.45, 7) is 2.36. The summed E-state index contributed by atoms with van der Waals surface area (Å²) in [4.78, 5) is 31.0. The van der Waals surface area contributed by atoms with E-state index in [2.05, 4.69) is 0 Å². The second-order valence-electron chi connectivity index (χ2n) is 7.07. The number of thiophene rings is 1. The highest BCUT2D eigenvalue weighted by atomic mass is 32.1. The van der Waals surface area contributed by atoms with E-state index in [1.54, 1.807) is 54.5 Å². The number of piperazine rings is 1. The number of hydrogen-bond acceptors (Lipinski definition) is 6. The molecule has 3 aromatic rings. The van der Waals surface area contributed by atoms with E-state index in [1.165, 1.54) is 23.3 Å². The quantitative estimate of drug-likeness (QED) is 0.535. The maximum atomic E-state index is 13.8. The molecule has 32 heavy (non-hydrogen) atoms. The second kappa shape index (κ2) is 9.32. The molecule has 0 radical (unpaired) electrons. The number of ether oxygens (including phenoxy) is 3. The Hall–Kier alpha value is -3.52. The molecule has 0 bridgehead atoms. The van der Waals surface area contributed by atoms with Gasteiger partial charge in [0.15, 0.2) is 6.04 Å². The predicted octanol–water partition coefficient (Wildman–Crippen LogP) is 4.29. The first-order chi connectivity index (χ1) is 15.6. The van der Waals surface area contributed by atoms with Crippen LogP contribution in [0.1, 0.15) is 17.8 Å². The fourth-order valence-electron chi connectivity index (χ4n) is 3.76. The zero-order chi connectivity index (χ0) is 22.7. The Kier molecular flexibility index (Phi) is 6.32. The zero-order valence-electron chi connectivity index (χ0n) is 18.1. The van der Waals surface area contributed by atoms with Crippen LogP contribution in [0.4, 0.5) is 11.4 Å². The molecule has 2 amide bonds. The molecule has 166 valence electrons. The summed E-state index contributed by atoms with van der Waals surface area (Å²) in [5.74, 6) is 1.39. The number of hydrogen-bond donors (Lipinski definition) is 0. The fraction of sp³-hybridized carbons (Fsp3) is 0.250. The Bertz CT molecular complexity index is 1100. The lowest BCUT2D eigenvalue weighted by Crippen LogP contribution is -2.56. The average Bonchev–Trinajstić information content (AvgIpc) is 3.35. The van der Waals surface area contributed by atoms with Gasteiger partial charge in [-0.1, -0.05) is 6.07 Å². The minimum absolute atomic E-state index is 0.101. The normalized spacial score (nSPS) is 16.3. The minimum atomic E-state index is -0.777. The molecule has 7 nitrogen and oxygen atoms in total. The number of anilines is 2. The van der Waals surface area contributed by atoms with Crippen LogP contribution in [0.3, 0.4) is 0 Å². The molecule has 0 aliphatic carbocycles. The largest absolute Gasteiger partial charge is 0.497 e. The Morgan fingerprint density at radius 1 is 1.00 bits per heavy atom. The van der Waals surface area contributed by atoms with Crippen LogP contribution >= 0.6 is 11.3 Å². The maximum absolute atomic E-state index is 13.8. The van der Waals surface area contributed by atoms with E-state index in [0.29, 0.717) is 35.2 Å². The van der Waals surface area contributed by atoms with Crippen molar-refractivity contribution in [2.75, 3.05) is 37.2 Å². The molecule has 8 heteroatoms. The summed E-state index contributed by atoms with van der Waals surface area (Å²) in [6.07, 6.45) is 0. The first kappa shape index (κ1) is 21.7. The Labute approximate surface area is 190 Å². The smallest absolute Gasteiger partial charge is 0.256 e. The summed E-state index contributed by atoms with van der Waals surface area (Å²) in [5, 5.41) is 1.90. The molecular weight excluding hydrogens is 428 g/mol. The van der Waals surface area contributed by atoms with Crippen molar-refractivity contribution in [2.24, 2.45) is 0 Å². The van der Waals surface area contributed by atoms with Crippen LogP contribution < -0.4 is 24.0 Å². The molecule has 0 N–H and O–H groups in total. The third-order valence-corrected chi connectivity index (χ3v) is 6.16. The van der Waals surface area contributed by atoms with Crippen molar-refractivity contribution in [1.82, 2.24) is 0 Å². The van der Waals surface area contributed by atoms with Gasteiger partial charge in [-0.15, -0.1) is 11.3 Å². The highest BCUT2D eigenvalue weighted by molar-refractivity contribution is 7.10. The van der Waals surface area contributed by atoms with Crippen molar-refractivity contribution in [3.8, 4) is 17.2 Å². The molecule has 1 atom stereocenters. The second-order valence-corrected chi connectivity index (χ2v) is 8.05. The van der Waals surface area contributed by atoms with Gasteiger partial charge in [-0.25, -0.2) is 0 Å². The zero-order valence-corrected chi connectivity index (χ0v) is 18.9. The van der Waals surface area contributed by atoms with Crippen molar-refractivity contribution in [3.05, 3.63) is 64.9 Å². The third-order valence-electron chi connectivity index (χ3n) is 5.24. The van der Waals surface area contributed by atoms with Crippen molar-refractivity contribution in [2.45, 2.75) is 13.0 Å². The molecule has 4 rings (SSSR count). The number of nitrogens with zero attached hydrogens (tertiary/aromatic N) is 2. The van der Waals surface area contributed by atoms with E-state index < -0.39 is 6.04 Å². The summed E-state index contributed by atoms with van der Waals surface area (Å²) in [6, 6.07) is 15.4. The molecule has 1 aliphatic rings. The van der Waals surface area contributed by atoms with E-state index in [-0.39, 0.29) is 18.4 Å². The number of benzene rings is 2. The monoisotopic (exact) mass is 452 g/mol.